The molecule has 1 aromatic heterocycles. The minimum Gasteiger partial charge on any atom is -0.497 e. The molecule has 0 unspecified atom stereocenters. The molecule has 7 heteroatoms. The molecule has 0 saturated heterocycles. The van der Waals surface area contributed by atoms with Crippen LogP contribution >= 0.6 is 11.8 Å². The highest BCUT2D eigenvalue weighted by Gasteiger charge is 2.20. The van der Waals surface area contributed by atoms with Gasteiger partial charge in [-0.05, 0) is 50.1 Å². The number of carbonyl (C=O) groups excluding carboxylic acids is 1. The average Bonchev–Trinajstić information content (AvgIpc) is 3.16. The van der Waals surface area contributed by atoms with Gasteiger partial charge in [0.25, 0.3) is 0 Å². The van der Waals surface area contributed by atoms with Crippen LogP contribution in [0.15, 0.2) is 59.8 Å². The van der Waals surface area contributed by atoms with Crippen molar-refractivity contribution in [2.24, 2.45) is 0 Å². The van der Waals surface area contributed by atoms with Gasteiger partial charge in [0.1, 0.15) is 5.75 Å². The van der Waals surface area contributed by atoms with Gasteiger partial charge in [-0.2, -0.15) is 0 Å². The van der Waals surface area contributed by atoms with E-state index in [0.717, 1.165) is 35.3 Å². The van der Waals surface area contributed by atoms with Gasteiger partial charge in [-0.25, -0.2) is 0 Å². The molecule has 0 aliphatic rings. The smallest absolute Gasteiger partial charge is 0.233 e. The third-order valence-electron chi connectivity index (χ3n) is 4.59. The quantitative estimate of drug-likeness (QED) is 0.543. The first-order valence-electron chi connectivity index (χ1n) is 9.68. The second kappa shape index (κ2) is 10.1. The molecular formula is C22H26N4O2S. The van der Waals surface area contributed by atoms with E-state index in [-0.39, 0.29) is 11.2 Å². The molecule has 1 heterocycles. The minimum atomic E-state index is -0.260. The van der Waals surface area contributed by atoms with E-state index in [4.69, 9.17) is 4.74 Å². The second-order valence-electron chi connectivity index (χ2n) is 6.57. The second-order valence-corrected chi connectivity index (χ2v) is 7.87. The lowest BCUT2D eigenvalue weighted by molar-refractivity contribution is -0.120. The largest absolute Gasteiger partial charge is 0.497 e. The van der Waals surface area contributed by atoms with Crippen molar-refractivity contribution in [3.05, 3.63) is 60.2 Å². The molecule has 0 radical (unpaired) electrons. The molecule has 0 aliphatic carbocycles. The van der Waals surface area contributed by atoms with E-state index in [1.54, 1.807) is 7.11 Å². The average molecular weight is 411 g/mol. The van der Waals surface area contributed by atoms with Crippen molar-refractivity contribution < 1.29 is 9.53 Å². The van der Waals surface area contributed by atoms with Gasteiger partial charge in [0, 0.05) is 18.7 Å². The standard InChI is InChI=1S/C22H26N4O2S/c1-4-26-20(18-10-12-19(28-3)13-11-18)24-25-22(26)29-16(2)21(27)23-15-14-17-8-6-5-7-9-17/h5-13,16H,4,14-15H2,1-3H3,(H,23,27)/t16-/m0/s1. The van der Waals surface area contributed by atoms with Gasteiger partial charge in [-0.1, -0.05) is 42.1 Å². The highest BCUT2D eigenvalue weighted by Crippen LogP contribution is 2.27. The first-order valence-corrected chi connectivity index (χ1v) is 10.6. The van der Waals surface area contributed by atoms with Crippen LogP contribution in [-0.2, 0) is 17.8 Å². The van der Waals surface area contributed by atoms with Gasteiger partial charge in [-0.3, -0.25) is 4.79 Å². The van der Waals surface area contributed by atoms with E-state index in [0.29, 0.717) is 6.54 Å². The fourth-order valence-electron chi connectivity index (χ4n) is 2.94. The molecule has 0 fully saturated rings. The predicted octanol–water partition coefficient (Wildman–Crippen LogP) is 3.81. The number of amides is 1. The van der Waals surface area contributed by atoms with Gasteiger partial charge in [0.15, 0.2) is 11.0 Å². The molecular weight excluding hydrogens is 384 g/mol. The summed E-state index contributed by atoms with van der Waals surface area (Å²) in [6.07, 6.45) is 0.816. The van der Waals surface area contributed by atoms with Crippen LogP contribution in [0.25, 0.3) is 11.4 Å². The summed E-state index contributed by atoms with van der Waals surface area (Å²) in [5.74, 6) is 1.59. The lowest BCUT2D eigenvalue weighted by Gasteiger charge is -2.13. The van der Waals surface area contributed by atoms with Crippen molar-refractivity contribution in [2.45, 2.75) is 37.2 Å². The first kappa shape index (κ1) is 20.9. The van der Waals surface area contributed by atoms with Crippen LogP contribution in [0.1, 0.15) is 19.4 Å². The highest BCUT2D eigenvalue weighted by molar-refractivity contribution is 8.00. The normalized spacial score (nSPS) is 11.8. The zero-order valence-corrected chi connectivity index (χ0v) is 17.8. The zero-order valence-electron chi connectivity index (χ0n) is 17.0. The summed E-state index contributed by atoms with van der Waals surface area (Å²) in [5.41, 5.74) is 2.18. The summed E-state index contributed by atoms with van der Waals surface area (Å²) in [6.45, 7) is 5.28. The van der Waals surface area contributed by atoms with E-state index >= 15 is 0 Å². The molecule has 0 saturated carbocycles. The molecule has 1 amide bonds. The van der Waals surface area contributed by atoms with E-state index in [2.05, 4.69) is 27.6 Å². The van der Waals surface area contributed by atoms with E-state index < -0.39 is 0 Å². The summed E-state index contributed by atoms with van der Waals surface area (Å²) in [6, 6.07) is 17.9. The number of rotatable bonds is 9. The predicted molar refractivity (Wildman–Crippen MR) is 116 cm³/mol. The number of hydrogen-bond donors (Lipinski definition) is 1. The Balaban J connectivity index is 1.61. The summed E-state index contributed by atoms with van der Waals surface area (Å²) >= 11 is 1.42. The summed E-state index contributed by atoms with van der Waals surface area (Å²) in [7, 11) is 1.64. The number of nitrogens with one attached hydrogen (secondary N) is 1. The number of thioether (sulfide) groups is 1. The van der Waals surface area contributed by atoms with Crippen molar-refractivity contribution in [1.29, 1.82) is 0 Å². The van der Waals surface area contributed by atoms with Gasteiger partial charge < -0.3 is 14.6 Å². The van der Waals surface area contributed by atoms with E-state index in [9.17, 15) is 4.79 Å². The molecule has 29 heavy (non-hydrogen) atoms. The Morgan fingerprint density at radius 1 is 1.14 bits per heavy atom. The van der Waals surface area contributed by atoms with Crippen molar-refractivity contribution in [3.8, 4) is 17.1 Å². The highest BCUT2D eigenvalue weighted by atomic mass is 32.2. The van der Waals surface area contributed by atoms with Crippen molar-refractivity contribution in [3.63, 3.8) is 0 Å². The molecule has 2 aromatic carbocycles. The van der Waals surface area contributed by atoms with Gasteiger partial charge in [-0.15, -0.1) is 10.2 Å². The number of carbonyl (C=O) groups is 1. The molecule has 0 bridgehead atoms. The Kier molecular flexibility index (Phi) is 7.30. The third-order valence-corrected chi connectivity index (χ3v) is 5.67. The number of ether oxygens (including phenoxy) is 1. The Morgan fingerprint density at radius 2 is 1.86 bits per heavy atom. The number of hydrogen-bond acceptors (Lipinski definition) is 5. The lowest BCUT2D eigenvalue weighted by Crippen LogP contribution is -2.32. The molecule has 1 N–H and O–H groups in total. The topological polar surface area (TPSA) is 69.0 Å². The van der Waals surface area contributed by atoms with Crippen LogP contribution in [0.5, 0.6) is 5.75 Å². The van der Waals surface area contributed by atoms with Crippen LogP contribution in [0.4, 0.5) is 0 Å². The van der Waals surface area contributed by atoms with Gasteiger partial charge in [0.05, 0.1) is 12.4 Å². The molecule has 3 rings (SSSR count). The van der Waals surface area contributed by atoms with Crippen LogP contribution in [0.3, 0.4) is 0 Å². The SMILES string of the molecule is CCn1c(S[C@@H](C)C(=O)NCCc2ccccc2)nnc1-c1ccc(OC)cc1. The van der Waals surface area contributed by atoms with Crippen LogP contribution in [0, 0.1) is 0 Å². The molecule has 1 atom stereocenters. The van der Waals surface area contributed by atoms with Gasteiger partial charge in [0.2, 0.25) is 5.91 Å². The maximum atomic E-state index is 12.5. The molecule has 0 aliphatic heterocycles. The number of methoxy groups -OCH3 is 1. The number of nitrogens with zero attached hydrogens (tertiary/aromatic N) is 3. The fraction of sp³-hybridized carbons (Fsp3) is 0.318. The van der Waals surface area contributed by atoms with E-state index in [1.165, 1.54) is 17.3 Å². The molecule has 152 valence electrons. The molecule has 6 nitrogen and oxygen atoms in total. The lowest BCUT2D eigenvalue weighted by atomic mass is 10.1. The van der Waals surface area contributed by atoms with Crippen molar-refractivity contribution in [2.75, 3.05) is 13.7 Å². The van der Waals surface area contributed by atoms with Crippen LogP contribution in [0.2, 0.25) is 0 Å². The van der Waals surface area contributed by atoms with Gasteiger partial charge >= 0.3 is 0 Å². The fourth-order valence-corrected chi connectivity index (χ4v) is 3.88. The minimum absolute atomic E-state index is 0.00239. The van der Waals surface area contributed by atoms with E-state index in [1.807, 2.05) is 60.9 Å². The maximum absolute atomic E-state index is 12.5. The Bertz CT molecular complexity index is 926. The Morgan fingerprint density at radius 3 is 2.52 bits per heavy atom. The molecule has 3 aromatic rings. The number of aromatic nitrogens is 3. The zero-order chi connectivity index (χ0) is 20.6. The Hall–Kier alpha value is -2.80. The van der Waals surface area contributed by atoms with Crippen LogP contribution < -0.4 is 10.1 Å². The monoisotopic (exact) mass is 410 g/mol. The Labute approximate surface area is 175 Å². The summed E-state index contributed by atoms with van der Waals surface area (Å²) in [4.78, 5) is 12.5. The maximum Gasteiger partial charge on any atom is 0.233 e. The third kappa shape index (κ3) is 5.38. The van der Waals surface area contributed by atoms with Crippen molar-refractivity contribution >= 4 is 17.7 Å². The first-order chi connectivity index (χ1) is 14.1. The van der Waals surface area contributed by atoms with Crippen molar-refractivity contribution in [1.82, 2.24) is 20.1 Å². The van der Waals surface area contributed by atoms with Crippen LogP contribution in [-0.4, -0.2) is 39.6 Å². The number of benzene rings is 2. The molecule has 0 spiro atoms. The summed E-state index contributed by atoms with van der Waals surface area (Å²) in [5, 5.41) is 12.2. The summed E-state index contributed by atoms with van der Waals surface area (Å²) < 4.78 is 7.24.